The summed E-state index contributed by atoms with van der Waals surface area (Å²) in [5.41, 5.74) is 2.73. The van der Waals surface area contributed by atoms with Crippen molar-refractivity contribution >= 4 is 12.1 Å². The summed E-state index contributed by atoms with van der Waals surface area (Å²) in [6, 6.07) is 18.2. The SMILES string of the molecule is CCOCC[C@H](C[C@@H](Cc1ccc(-c2ccccc2)cc1)NC(=O)OC(C)(C)C)C(=O)OCC. The van der Waals surface area contributed by atoms with E-state index in [0.717, 1.165) is 16.7 Å². The smallest absolute Gasteiger partial charge is 0.407 e. The number of hydrogen-bond acceptors (Lipinski definition) is 5. The zero-order valence-electron chi connectivity index (χ0n) is 21.1. The highest BCUT2D eigenvalue weighted by Crippen LogP contribution is 2.22. The lowest BCUT2D eigenvalue weighted by molar-refractivity contribution is -0.149. The molecule has 2 aromatic carbocycles. The predicted molar refractivity (Wildman–Crippen MR) is 135 cm³/mol. The van der Waals surface area contributed by atoms with E-state index >= 15 is 0 Å². The second-order valence-electron chi connectivity index (χ2n) is 9.28. The molecular formula is C28H39NO5. The molecule has 6 heteroatoms. The molecule has 2 rings (SSSR count). The van der Waals surface area contributed by atoms with Crippen molar-refractivity contribution in [1.82, 2.24) is 5.32 Å². The van der Waals surface area contributed by atoms with Gasteiger partial charge in [-0.25, -0.2) is 4.79 Å². The first-order valence-electron chi connectivity index (χ1n) is 12.1. The fourth-order valence-corrected chi connectivity index (χ4v) is 3.72. The van der Waals surface area contributed by atoms with Crippen LogP contribution in [0.25, 0.3) is 11.1 Å². The van der Waals surface area contributed by atoms with Crippen molar-refractivity contribution < 1.29 is 23.8 Å². The van der Waals surface area contributed by atoms with Crippen molar-refractivity contribution in [2.45, 2.75) is 65.5 Å². The van der Waals surface area contributed by atoms with Gasteiger partial charge >= 0.3 is 12.1 Å². The highest BCUT2D eigenvalue weighted by Gasteiger charge is 2.27. The molecule has 2 atom stereocenters. The Hall–Kier alpha value is -2.86. The van der Waals surface area contributed by atoms with Gasteiger partial charge in [-0.1, -0.05) is 54.6 Å². The number of nitrogens with one attached hydrogen (secondary N) is 1. The van der Waals surface area contributed by atoms with Crippen LogP contribution in [0, 0.1) is 5.92 Å². The fourth-order valence-electron chi connectivity index (χ4n) is 3.72. The van der Waals surface area contributed by atoms with Gasteiger partial charge < -0.3 is 19.5 Å². The first-order chi connectivity index (χ1) is 16.2. The van der Waals surface area contributed by atoms with Crippen LogP contribution in [0.5, 0.6) is 0 Å². The fraction of sp³-hybridized carbons (Fsp3) is 0.500. The number of amides is 1. The molecule has 2 aromatic rings. The van der Waals surface area contributed by atoms with Crippen LogP contribution >= 0.6 is 0 Å². The lowest BCUT2D eigenvalue weighted by atomic mass is 9.92. The summed E-state index contributed by atoms with van der Waals surface area (Å²) >= 11 is 0. The van der Waals surface area contributed by atoms with Gasteiger partial charge in [0, 0.05) is 19.3 Å². The number of carbonyl (C=O) groups is 2. The topological polar surface area (TPSA) is 73.9 Å². The van der Waals surface area contributed by atoms with Gasteiger partial charge in [0.1, 0.15) is 5.60 Å². The molecule has 6 nitrogen and oxygen atoms in total. The van der Waals surface area contributed by atoms with Gasteiger partial charge in [0.2, 0.25) is 0 Å². The maximum atomic E-state index is 12.6. The third kappa shape index (κ3) is 9.96. The van der Waals surface area contributed by atoms with Crippen LogP contribution in [-0.4, -0.2) is 43.5 Å². The number of ether oxygens (including phenoxy) is 3. The maximum absolute atomic E-state index is 12.6. The van der Waals surface area contributed by atoms with E-state index in [-0.39, 0.29) is 17.9 Å². The Morgan fingerprint density at radius 2 is 1.56 bits per heavy atom. The van der Waals surface area contributed by atoms with E-state index < -0.39 is 11.7 Å². The molecule has 0 unspecified atom stereocenters. The molecule has 0 saturated carbocycles. The van der Waals surface area contributed by atoms with Crippen molar-refractivity contribution in [1.29, 1.82) is 0 Å². The Bertz CT molecular complexity index is 874. The van der Waals surface area contributed by atoms with Crippen LogP contribution < -0.4 is 5.32 Å². The minimum Gasteiger partial charge on any atom is -0.466 e. The van der Waals surface area contributed by atoms with Crippen LogP contribution in [0.3, 0.4) is 0 Å². The van der Waals surface area contributed by atoms with Crippen LogP contribution in [-0.2, 0) is 25.4 Å². The quantitative estimate of drug-likeness (QED) is 0.315. The molecule has 0 saturated heterocycles. The molecule has 186 valence electrons. The van der Waals surface area contributed by atoms with Gasteiger partial charge in [0.05, 0.1) is 12.5 Å². The molecule has 0 aliphatic heterocycles. The average molecular weight is 470 g/mol. The summed E-state index contributed by atoms with van der Waals surface area (Å²) in [5, 5.41) is 2.98. The predicted octanol–water partition coefficient (Wildman–Crippen LogP) is 5.79. The number of alkyl carbamates (subject to hydrolysis) is 1. The van der Waals surface area contributed by atoms with E-state index in [1.54, 1.807) is 6.92 Å². The van der Waals surface area contributed by atoms with E-state index in [2.05, 4.69) is 41.7 Å². The summed E-state index contributed by atoms with van der Waals surface area (Å²) < 4.78 is 16.3. The maximum Gasteiger partial charge on any atom is 0.407 e. The Labute approximate surface area is 204 Å². The van der Waals surface area contributed by atoms with Crippen LogP contribution in [0.2, 0.25) is 0 Å². The van der Waals surface area contributed by atoms with Crippen LogP contribution in [0.15, 0.2) is 54.6 Å². The van der Waals surface area contributed by atoms with Crippen LogP contribution in [0.1, 0.15) is 53.0 Å². The number of benzene rings is 2. The Morgan fingerprint density at radius 3 is 2.15 bits per heavy atom. The van der Waals surface area contributed by atoms with Gasteiger partial charge in [-0.3, -0.25) is 4.79 Å². The lowest BCUT2D eigenvalue weighted by Gasteiger charge is -2.26. The summed E-state index contributed by atoms with van der Waals surface area (Å²) in [6.45, 7) is 10.6. The molecule has 0 radical (unpaired) electrons. The minimum atomic E-state index is -0.610. The lowest BCUT2D eigenvalue weighted by Crippen LogP contribution is -2.42. The van der Waals surface area contributed by atoms with E-state index in [4.69, 9.17) is 14.2 Å². The second kappa shape index (κ2) is 13.8. The van der Waals surface area contributed by atoms with Crippen molar-refractivity contribution in [3.8, 4) is 11.1 Å². The summed E-state index contributed by atoms with van der Waals surface area (Å²) in [4.78, 5) is 25.2. The van der Waals surface area contributed by atoms with Gasteiger partial charge in [-0.2, -0.15) is 0 Å². The summed E-state index contributed by atoms with van der Waals surface area (Å²) in [5.74, 6) is -0.646. The number of carbonyl (C=O) groups excluding carboxylic acids is 2. The van der Waals surface area contributed by atoms with E-state index in [9.17, 15) is 9.59 Å². The Morgan fingerprint density at radius 1 is 0.912 bits per heavy atom. The number of hydrogen-bond donors (Lipinski definition) is 1. The number of esters is 1. The van der Waals surface area contributed by atoms with Gasteiger partial charge in [0.15, 0.2) is 0 Å². The van der Waals surface area contributed by atoms with E-state index in [1.165, 1.54) is 0 Å². The monoisotopic (exact) mass is 469 g/mol. The highest BCUT2D eigenvalue weighted by atomic mass is 16.6. The van der Waals surface area contributed by atoms with Crippen molar-refractivity contribution in [3.05, 3.63) is 60.2 Å². The largest absolute Gasteiger partial charge is 0.466 e. The zero-order valence-corrected chi connectivity index (χ0v) is 21.1. The van der Waals surface area contributed by atoms with Crippen molar-refractivity contribution in [2.24, 2.45) is 5.92 Å². The Kier molecular flexibility index (Phi) is 11.1. The normalized spacial score (nSPS) is 13.1. The minimum absolute atomic E-state index is 0.266. The third-order valence-corrected chi connectivity index (χ3v) is 5.27. The molecule has 1 N–H and O–H groups in total. The molecule has 0 fully saturated rings. The first kappa shape index (κ1) is 27.4. The molecule has 0 aromatic heterocycles. The second-order valence-corrected chi connectivity index (χ2v) is 9.28. The summed E-state index contributed by atoms with van der Waals surface area (Å²) in [6.07, 6.45) is 1.04. The molecule has 34 heavy (non-hydrogen) atoms. The van der Waals surface area contributed by atoms with Gasteiger partial charge in [-0.15, -0.1) is 0 Å². The molecule has 0 aliphatic carbocycles. The van der Waals surface area contributed by atoms with E-state index in [0.29, 0.717) is 39.1 Å². The van der Waals surface area contributed by atoms with Gasteiger partial charge in [0.25, 0.3) is 0 Å². The zero-order chi connectivity index (χ0) is 25.0. The first-order valence-corrected chi connectivity index (χ1v) is 12.1. The standard InChI is InChI=1S/C28H39NO5/c1-6-32-18-17-24(26(30)33-7-2)20-25(29-27(31)34-28(3,4)5)19-21-13-15-23(16-14-21)22-11-9-8-10-12-22/h8-16,24-25H,6-7,17-20H2,1-5H3,(H,29,31)/t24-,25-/m1/s1. The van der Waals surface area contributed by atoms with Crippen molar-refractivity contribution in [2.75, 3.05) is 19.8 Å². The third-order valence-electron chi connectivity index (χ3n) is 5.27. The van der Waals surface area contributed by atoms with Crippen LogP contribution in [0.4, 0.5) is 4.79 Å². The molecule has 0 bridgehead atoms. The van der Waals surface area contributed by atoms with Gasteiger partial charge in [-0.05, 0) is 70.6 Å². The number of rotatable bonds is 12. The Balaban J connectivity index is 2.18. The highest BCUT2D eigenvalue weighted by molar-refractivity contribution is 5.73. The summed E-state index contributed by atoms with van der Waals surface area (Å²) in [7, 11) is 0. The molecule has 0 aliphatic rings. The average Bonchev–Trinajstić information content (AvgIpc) is 2.78. The molecule has 0 spiro atoms. The van der Waals surface area contributed by atoms with Crippen molar-refractivity contribution in [3.63, 3.8) is 0 Å². The molecule has 0 heterocycles. The van der Waals surface area contributed by atoms with E-state index in [1.807, 2.05) is 45.9 Å². The molecular weight excluding hydrogens is 430 g/mol. The molecule has 1 amide bonds.